The fraction of sp³-hybridized carbons (Fsp3) is 0.333. The molecular formula is C18H19NO. The molecule has 102 valence electrons. The topological polar surface area (TPSA) is 30.0 Å². The zero-order chi connectivity index (χ0) is 14.3. The maximum Gasteiger partial charge on any atom is 0.195 e. The lowest BCUT2D eigenvalue weighted by atomic mass is 9.89. The zero-order valence-electron chi connectivity index (χ0n) is 12.2. The summed E-state index contributed by atoms with van der Waals surface area (Å²) in [6.45, 7) is 6.44. The van der Waals surface area contributed by atoms with Crippen LogP contribution in [0, 0.1) is 0 Å². The molecule has 1 aliphatic carbocycles. The lowest BCUT2D eigenvalue weighted by Crippen LogP contribution is -2.15. The molecule has 0 bridgehead atoms. The van der Waals surface area contributed by atoms with E-state index in [0.29, 0.717) is 0 Å². The van der Waals surface area contributed by atoms with Gasteiger partial charge in [-0.15, -0.1) is 0 Å². The number of hydrogen-bond donors (Lipinski definition) is 0. The zero-order valence-corrected chi connectivity index (χ0v) is 12.2. The van der Waals surface area contributed by atoms with Crippen LogP contribution in [0.5, 0.6) is 0 Å². The van der Waals surface area contributed by atoms with E-state index in [1.165, 1.54) is 0 Å². The van der Waals surface area contributed by atoms with Crippen LogP contribution >= 0.6 is 0 Å². The van der Waals surface area contributed by atoms with Gasteiger partial charge in [-0.1, -0.05) is 45.0 Å². The Morgan fingerprint density at radius 1 is 1.00 bits per heavy atom. The van der Waals surface area contributed by atoms with Crippen molar-refractivity contribution >= 4 is 5.78 Å². The molecule has 0 saturated heterocycles. The van der Waals surface area contributed by atoms with E-state index < -0.39 is 0 Å². The predicted octanol–water partition coefficient (Wildman–Crippen LogP) is 3.71. The Kier molecular flexibility index (Phi) is 2.97. The number of carbonyl (C=O) groups excluding carboxylic acids is 1. The summed E-state index contributed by atoms with van der Waals surface area (Å²) >= 11 is 0. The van der Waals surface area contributed by atoms with Gasteiger partial charge in [-0.05, 0) is 30.0 Å². The number of ketones is 1. The largest absolute Gasteiger partial charge is 0.289 e. The second kappa shape index (κ2) is 4.55. The van der Waals surface area contributed by atoms with Gasteiger partial charge in [-0.3, -0.25) is 9.78 Å². The fourth-order valence-corrected chi connectivity index (χ4v) is 2.69. The van der Waals surface area contributed by atoms with Crippen LogP contribution < -0.4 is 0 Å². The Morgan fingerprint density at radius 3 is 2.45 bits per heavy atom. The van der Waals surface area contributed by atoms with Gasteiger partial charge < -0.3 is 0 Å². The number of nitrogens with zero attached hydrogens (tertiary/aromatic N) is 1. The summed E-state index contributed by atoms with van der Waals surface area (Å²) in [6.07, 6.45) is 3.59. The standard InChI is InChI=1S/C18H19NO/c1-18(2,3)16-10-13-9-8-12-6-4-5-7-14(12)17(20)15(13)11-19-16/h4-7,10-11H,8-9H2,1-3H3. The molecule has 2 heteroatoms. The molecule has 0 fully saturated rings. The van der Waals surface area contributed by atoms with Crippen molar-refractivity contribution in [1.82, 2.24) is 4.98 Å². The van der Waals surface area contributed by atoms with Crippen LogP contribution in [-0.4, -0.2) is 10.8 Å². The van der Waals surface area contributed by atoms with Gasteiger partial charge in [0.1, 0.15) is 0 Å². The van der Waals surface area contributed by atoms with Crippen molar-refractivity contribution in [2.75, 3.05) is 0 Å². The molecule has 0 aliphatic heterocycles. The number of carbonyl (C=O) groups is 1. The number of hydrogen-bond acceptors (Lipinski definition) is 2. The highest BCUT2D eigenvalue weighted by atomic mass is 16.1. The molecule has 0 radical (unpaired) electrons. The summed E-state index contributed by atoms with van der Waals surface area (Å²) in [7, 11) is 0. The molecule has 2 nitrogen and oxygen atoms in total. The number of aryl methyl sites for hydroxylation is 2. The third kappa shape index (κ3) is 2.15. The van der Waals surface area contributed by atoms with Crippen molar-refractivity contribution in [3.8, 4) is 0 Å². The normalized spacial score (nSPS) is 14.4. The van der Waals surface area contributed by atoms with Crippen LogP contribution in [0.4, 0.5) is 0 Å². The molecule has 0 amide bonds. The molecule has 1 aliphatic rings. The molecule has 20 heavy (non-hydrogen) atoms. The van der Waals surface area contributed by atoms with Crippen molar-refractivity contribution < 1.29 is 4.79 Å². The smallest absolute Gasteiger partial charge is 0.195 e. The third-order valence-corrected chi connectivity index (χ3v) is 3.93. The van der Waals surface area contributed by atoms with Crippen molar-refractivity contribution in [1.29, 1.82) is 0 Å². The molecule has 0 atom stereocenters. The highest BCUT2D eigenvalue weighted by Gasteiger charge is 2.23. The second-order valence-corrected chi connectivity index (χ2v) is 6.46. The molecule has 2 aromatic rings. The van der Waals surface area contributed by atoms with Gasteiger partial charge in [-0.2, -0.15) is 0 Å². The summed E-state index contributed by atoms with van der Waals surface area (Å²) in [4.78, 5) is 17.2. The minimum Gasteiger partial charge on any atom is -0.289 e. The lowest BCUT2D eigenvalue weighted by Gasteiger charge is -2.19. The van der Waals surface area contributed by atoms with Crippen LogP contribution in [0.15, 0.2) is 36.5 Å². The fourth-order valence-electron chi connectivity index (χ4n) is 2.69. The van der Waals surface area contributed by atoms with E-state index in [0.717, 1.165) is 40.8 Å². The number of aromatic nitrogens is 1. The monoisotopic (exact) mass is 265 g/mol. The van der Waals surface area contributed by atoms with E-state index in [4.69, 9.17) is 0 Å². The molecule has 1 aromatic carbocycles. The molecule has 0 spiro atoms. The first-order valence-corrected chi connectivity index (χ1v) is 7.09. The number of rotatable bonds is 0. The first kappa shape index (κ1) is 13.0. The van der Waals surface area contributed by atoms with Crippen molar-refractivity contribution in [2.24, 2.45) is 0 Å². The van der Waals surface area contributed by atoms with Gasteiger partial charge in [0.15, 0.2) is 5.78 Å². The molecule has 0 unspecified atom stereocenters. The van der Waals surface area contributed by atoms with Gasteiger partial charge in [0.2, 0.25) is 0 Å². The predicted molar refractivity (Wildman–Crippen MR) is 80.2 cm³/mol. The van der Waals surface area contributed by atoms with E-state index in [2.05, 4.69) is 37.9 Å². The molecule has 0 N–H and O–H groups in total. The molecule has 1 heterocycles. The van der Waals surface area contributed by atoms with Gasteiger partial charge in [-0.25, -0.2) is 0 Å². The Balaban J connectivity index is 2.12. The summed E-state index contributed by atoms with van der Waals surface area (Å²) < 4.78 is 0. The highest BCUT2D eigenvalue weighted by Crippen LogP contribution is 2.27. The van der Waals surface area contributed by atoms with Crippen LogP contribution in [0.25, 0.3) is 0 Å². The average molecular weight is 265 g/mol. The number of benzene rings is 1. The molecule has 0 saturated carbocycles. The average Bonchev–Trinajstić information content (AvgIpc) is 2.56. The van der Waals surface area contributed by atoms with E-state index >= 15 is 0 Å². The number of pyridine rings is 1. The maximum absolute atomic E-state index is 12.6. The highest BCUT2D eigenvalue weighted by molar-refractivity contribution is 6.11. The van der Waals surface area contributed by atoms with Crippen molar-refractivity contribution in [2.45, 2.75) is 39.0 Å². The van der Waals surface area contributed by atoms with E-state index in [-0.39, 0.29) is 11.2 Å². The van der Waals surface area contributed by atoms with Gasteiger partial charge in [0, 0.05) is 28.4 Å². The van der Waals surface area contributed by atoms with Crippen molar-refractivity contribution in [3.63, 3.8) is 0 Å². The van der Waals surface area contributed by atoms with E-state index in [1.54, 1.807) is 6.20 Å². The quantitative estimate of drug-likeness (QED) is 0.727. The minimum atomic E-state index is 0.0111. The summed E-state index contributed by atoms with van der Waals surface area (Å²) in [6, 6.07) is 10.0. The van der Waals surface area contributed by atoms with Gasteiger partial charge in [0.05, 0.1) is 0 Å². The molecule has 1 aromatic heterocycles. The van der Waals surface area contributed by atoms with Crippen LogP contribution in [-0.2, 0) is 18.3 Å². The summed E-state index contributed by atoms with van der Waals surface area (Å²) in [5.74, 6) is 0.112. The second-order valence-electron chi connectivity index (χ2n) is 6.46. The SMILES string of the molecule is CC(C)(C)c1cc2c(cn1)C(=O)c1ccccc1CC2. The van der Waals surface area contributed by atoms with Gasteiger partial charge >= 0.3 is 0 Å². The Labute approximate surface area is 119 Å². The van der Waals surface area contributed by atoms with Gasteiger partial charge in [0.25, 0.3) is 0 Å². The number of fused-ring (bicyclic) bond motifs is 2. The maximum atomic E-state index is 12.6. The van der Waals surface area contributed by atoms with Crippen molar-refractivity contribution in [3.05, 3.63) is 64.5 Å². The van der Waals surface area contributed by atoms with Crippen LogP contribution in [0.3, 0.4) is 0 Å². The Morgan fingerprint density at radius 2 is 1.70 bits per heavy atom. The summed E-state index contributed by atoms with van der Waals surface area (Å²) in [5, 5.41) is 0. The van der Waals surface area contributed by atoms with E-state index in [9.17, 15) is 4.79 Å². The van der Waals surface area contributed by atoms with Crippen LogP contribution in [0.1, 0.15) is 53.5 Å². The minimum absolute atomic E-state index is 0.0111. The van der Waals surface area contributed by atoms with Crippen LogP contribution in [0.2, 0.25) is 0 Å². The third-order valence-electron chi connectivity index (χ3n) is 3.93. The Hall–Kier alpha value is -1.96. The molecule has 3 rings (SSSR count). The van der Waals surface area contributed by atoms with E-state index in [1.807, 2.05) is 18.2 Å². The Bertz CT molecular complexity index is 680. The lowest BCUT2D eigenvalue weighted by molar-refractivity contribution is 0.103. The molecular weight excluding hydrogens is 246 g/mol. The first-order valence-electron chi connectivity index (χ1n) is 7.09. The summed E-state index contributed by atoms with van der Waals surface area (Å²) in [5.41, 5.74) is 4.93. The first-order chi connectivity index (χ1) is 9.47.